The number of piperidine rings is 1. The van der Waals surface area contributed by atoms with Gasteiger partial charge in [0, 0.05) is 12.2 Å². The van der Waals surface area contributed by atoms with Gasteiger partial charge in [-0.15, -0.1) is 0 Å². The third kappa shape index (κ3) is 2.82. The van der Waals surface area contributed by atoms with Gasteiger partial charge in [-0.2, -0.15) is 5.10 Å². The monoisotopic (exact) mass is 350 g/mol. The Kier molecular flexibility index (Phi) is 4.38. The highest BCUT2D eigenvalue weighted by Gasteiger charge is 2.44. The fraction of sp³-hybridized carbons (Fsp3) is 0.600. The van der Waals surface area contributed by atoms with E-state index in [9.17, 15) is 14.9 Å². The fourth-order valence-corrected chi connectivity index (χ4v) is 3.37. The first-order valence-electron chi connectivity index (χ1n) is 8.30. The van der Waals surface area contributed by atoms with Gasteiger partial charge in [0.05, 0.1) is 11.5 Å². The molecule has 1 unspecified atom stereocenters. The Balaban J connectivity index is 2.03. The van der Waals surface area contributed by atoms with Crippen molar-refractivity contribution in [2.75, 3.05) is 18.5 Å². The number of anilines is 1. The number of hydrazine groups is 1. The quantitative estimate of drug-likeness (QED) is 0.632. The average Bonchev–Trinajstić information content (AvgIpc) is 3.09. The van der Waals surface area contributed by atoms with Gasteiger partial charge in [-0.1, -0.05) is 0 Å². The highest BCUT2D eigenvalue weighted by molar-refractivity contribution is 5.86. The standard InChI is InChI=1S/C15H22N6O4/c1-4-25-14(22)17-13-12(21(23)24)9-16-20(13)15(3)10(2)11-7-5-6-8-19(11)18-15/h9,18H,4-8H2,1-3H3,(H,17,22). The van der Waals surface area contributed by atoms with Crippen LogP contribution < -0.4 is 10.7 Å². The van der Waals surface area contributed by atoms with Crippen LogP contribution >= 0.6 is 0 Å². The van der Waals surface area contributed by atoms with Crippen molar-refractivity contribution in [3.8, 4) is 0 Å². The van der Waals surface area contributed by atoms with E-state index in [-0.39, 0.29) is 18.1 Å². The summed E-state index contributed by atoms with van der Waals surface area (Å²) in [6.45, 7) is 6.57. The van der Waals surface area contributed by atoms with Crippen LogP contribution in [0, 0.1) is 10.1 Å². The van der Waals surface area contributed by atoms with Gasteiger partial charge in [0.25, 0.3) is 0 Å². The zero-order chi connectivity index (χ0) is 18.2. The van der Waals surface area contributed by atoms with Crippen LogP contribution in [0.2, 0.25) is 0 Å². The Labute approximate surface area is 144 Å². The molecule has 10 heteroatoms. The molecule has 2 N–H and O–H groups in total. The maximum atomic E-state index is 11.8. The second-order valence-corrected chi connectivity index (χ2v) is 6.26. The van der Waals surface area contributed by atoms with Crippen molar-refractivity contribution in [1.82, 2.24) is 20.2 Å². The minimum Gasteiger partial charge on any atom is -0.450 e. The van der Waals surface area contributed by atoms with Crippen molar-refractivity contribution in [1.29, 1.82) is 0 Å². The van der Waals surface area contributed by atoms with E-state index in [0.717, 1.165) is 37.6 Å². The normalized spacial score (nSPS) is 22.8. The van der Waals surface area contributed by atoms with Gasteiger partial charge in [-0.05, 0) is 45.6 Å². The number of nitrogens with zero attached hydrogens (tertiary/aromatic N) is 4. The molecule has 1 fully saturated rings. The molecule has 2 aliphatic rings. The van der Waals surface area contributed by atoms with Crippen LogP contribution in [-0.4, -0.2) is 39.0 Å². The largest absolute Gasteiger partial charge is 0.450 e. The lowest BCUT2D eigenvalue weighted by molar-refractivity contribution is -0.384. The summed E-state index contributed by atoms with van der Waals surface area (Å²) in [6, 6.07) is 0. The van der Waals surface area contributed by atoms with E-state index in [0.29, 0.717) is 0 Å². The Morgan fingerprint density at radius 3 is 2.96 bits per heavy atom. The number of carbonyl (C=O) groups excluding carboxylic acids is 1. The van der Waals surface area contributed by atoms with Gasteiger partial charge in [-0.3, -0.25) is 15.4 Å². The second kappa shape index (κ2) is 6.36. The summed E-state index contributed by atoms with van der Waals surface area (Å²) in [5, 5.41) is 20.1. The number of fused-ring (bicyclic) bond motifs is 1. The number of ether oxygens (including phenoxy) is 1. The predicted octanol–water partition coefficient (Wildman–Crippen LogP) is 2.31. The molecular formula is C15H22N6O4. The smallest absolute Gasteiger partial charge is 0.412 e. The lowest BCUT2D eigenvalue weighted by Crippen LogP contribution is -2.49. The van der Waals surface area contributed by atoms with E-state index in [4.69, 9.17) is 4.74 Å². The first-order valence-corrected chi connectivity index (χ1v) is 8.30. The maximum Gasteiger partial charge on any atom is 0.412 e. The molecule has 2 aliphatic heterocycles. The number of rotatable bonds is 4. The van der Waals surface area contributed by atoms with Gasteiger partial charge < -0.3 is 9.75 Å². The topological polar surface area (TPSA) is 115 Å². The molecule has 1 saturated heterocycles. The number of nitro groups is 1. The Bertz CT molecular complexity index is 742. The van der Waals surface area contributed by atoms with E-state index in [1.165, 1.54) is 10.4 Å². The van der Waals surface area contributed by atoms with Crippen LogP contribution in [0.15, 0.2) is 17.5 Å². The van der Waals surface area contributed by atoms with Gasteiger partial charge in [-0.25, -0.2) is 14.9 Å². The van der Waals surface area contributed by atoms with Crippen LogP contribution in [0.1, 0.15) is 40.0 Å². The molecule has 1 aromatic rings. The molecule has 1 aromatic heterocycles. The summed E-state index contributed by atoms with van der Waals surface area (Å²) in [5.41, 5.74) is 4.50. The summed E-state index contributed by atoms with van der Waals surface area (Å²) < 4.78 is 6.31. The van der Waals surface area contributed by atoms with Gasteiger partial charge in [0.1, 0.15) is 6.20 Å². The van der Waals surface area contributed by atoms with E-state index >= 15 is 0 Å². The first-order chi connectivity index (χ1) is 11.9. The van der Waals surface area contributed by atoms with Crippen molar-refractivity contribution in [3.63, 3.8) is 0 Å². The molecule has 0 radical (unpaired) electrons. The number of aromatic nitrogens is 2. The molecule has 0 aliphatic carbocycles. The molecular weight excluding hydrogens is 328 g/mol. The second-order valence-electron chi connectivity index (χ2n) is 6.26. The third-order valence-electron chi connectivity index (χ3n) is 4.75. The summed E-state index contributed by atoms with van der Waals surface area (Å²) in [6.07, 6.45) is 3.51. The van der Waals surface area contributed by atoms with Crippen LogP contribution in [-0.2, 0) is 10.4 Å². The van der Waals surface area contributed by atoms with Crippen molar-refractivity contribution >= 4 is 17.6 Å². The van der Waals surface area contributed by atoms with Crippen molar-refractivity contribution in [2.24, 2.45) is 0 Å². The lowest BCUT2D eigenvalue weighted by atomic mass is 9.99. The number of hydrogen-bond donors (Lipinski definition) is 2. The molecule has 3 heterocycles. The number of allylic oxidation sites excluding steroid dienone is 1. The SMILES string of the molecule is CCOC(=O)Nc1c([N+](=O)[O-])cnn1C1(C)NN2CCCCC2=C1C. The average molecular weight is 350 g/mol. The molecule has 25 heavy (non-hydrogen) atoms. The number of carbonyl (C=O) groups is 1. The van der Waals surface area contributed by atoms with E-state index < -0.39 is 16.7 Å². The summed E-state index contributed by atoms with van der Waals surface area (Å²) >= 11 is 0. The van der Waals surface area contributed by atoms with Gasteiger partial charge >= 0.3 is 11.8 Å². The number of amides is 1. The minimum atomic E-state index is -0.803. The van der Waals surface area contributed by atoms with Crippen molar-refractivity contribution in [3.05, 3.63) is 27.6 Å². The highest BCUT2D eigenvalue weighted by Crippen LogP contribution is 2.40. The van der Waals surface area contributed by atoms with Crippen molar-refractivity contribution < 1.29 is 14.5 Å². The summed E-state index contributed by atoms with van der Waals surface area (Å²) in [4.78, 5) is 22.6. The molecule has 0 saturated carbocycles. The Hall–Kier alpha value is -2.62. The molecule has 1 atom stereocenters. The lowest BCUT2D eigenvalue weighted by Gasteiger charge is -2.32. The minimum absolute atomic E-state index is 0.00162. The first kappa shape index (κ1) is 17.2. The fourth-order valence-electron chi connectivity index (χ4n) is 3.37. The van der Waals surface area contributed by atoms with Gasteiger partial charge in [0.2, 0.25) is 5.82 Å². The maximum absolute atomic E-state index is 11.8. The Morgan fingerprint density at radius 1 is 1.56 bits per heavy atom. The number of hydrogen-bond acceptors (Lipinski definition) is 7. The van der Waals surface area contributed by atoms with E-state index in [1.807, 2.05) is 13.8 Å². The predicted molar refractivity (Wildman–Crippen MR) is 89.6 cm³/mol. The van der Waals surface area contributed by atoms with Crippen LogP contribution in [0.3, 0.4) is 0 Å². The summed E-state index contributed by atoms with van der Waals surface area (Å²) in [5.74, 6) is -0.00162. The van der Waals surface area contributed by atoms with Crippen LogP contribution in [0.25, 0.3) is 0 Å². The molecule has 1 amide bonds. The molecule has 0 spiro atoms. The Morgan fingerprint density at radius 2 is 2.32 bits per heavy atom. The molecule has 3 rings (SSSR count). The molecule has 136 valence electrons. The van der Waals surface area contributed by atoms with E-state index in [2.05, 4.69) is 20.9 Å². The highest BCUT2D eigenvalue weighted by atomic mass is 16.6. The molecule has 0 aromatic carbocycles. The van der Waals surface area contributed by atoms with E-state index in [1.54, 1.807) is 6.92 Å². The molecule has 10 nitrogen and oxygen atoms in total. The van der Waals surface area contributed by atoms with Crippen LogP contribution in [0.5, 0.6) is 0 Å². The molecule has 0 bridgehead atoms. The summed E-state index contributed by atoms with van der Waals surface area (Å²) in [7, 11) is 0. The van der Waals surface area contributed by atoms with Gasteiger partial charge in [0.15, 0.2) is 5.66 Å². The zero-order valence-electron chi connectivity index (χ0n) is 14.5. The third-order valence-corrected chi connectivity index (χ3v) is 4.75. The zero-order valence-corrected chi connectivity index (χ0v) is 14.5. The van der Waals surface area contributed by atoms with Crippen molar-refractivity contribution in [2.45, 2.75) is 45.7 Å². The number of nitrogens with one attached hydrogen (secondary N) is 2. The van der Waals surface area contributed by atoms with Crippen LogP contribution in [0.4, 0.5) is 16.3 Å².